The predicted molar refractivity (Wildman–Crippen MR) is 74.3 cm³/mol. The van der Waals surface area contributed by atoms with Gasteiger partial charge in [-0.1, -0.05) is 6.92 Å². The molecular weight excluding hydrogens is 265 g/mol. The molecule has 1 heterocycles. The van der Waals surface area contributed by atoms with Crippen LogP contribution in [0, 0.1) is 17.5 Å². The zero-order chi connectivity index (χ0) is 14.9. The summed E-state index contributed by atoms with van der Waals surface area (Å²) in [5.41, 5.74) is 0.832. The molecule has 0 aliphatic rings. The van der Waals surface area contributed by atoms with Crippen molar-refractivity contribution in [3.63, 3.8) is 0 Å². The van der Waals surface area contributed by atoms with Gasteiger partial charge in [0.2, 0.25) is 0 Å². The molecule has 2 rings (SSSR count). The van der Waals surface area contributed by atoms with Crippen molar-refractivity contribution >= 4 is 10.9 Å². The van der Waals surface area contributed by atoms with Crippen molar-refractivity contribution < 1.29 is 13.2 Å². The second-order valence-corrected chi connectivity index (χ2v) is 5.21. The van der Waals surface area contributed by atoms with Gasteiger partial charge >= 0.3 is 0 Å². The molecule has 1 atom stereocenters. The van der Waals surface area contributed by atoms with E-state index in [2.05, 4.69) is 23.7 Å². The van der Waals surface area contributed by atoms with E-state index in [4.69, 9.17) is 0 Å². The summed E-state index contributed by atoms with van der Waals surface area (Å²) < 4.78 is 40.1. The molecule has 0 spiro atoms. The van der Waals surface area contributed by atoms with Crippen LogP contribution in [0.2, 0.25) is 0 Å². The maximum atomic E-state index is 13.6. The molecule has 0 radical (unpaired) electrons. The third kappa shape index (κ3) is 2.68. The molecule has 110 valence electrons. The fourth-order valence-corrected chi connectivity index (χ4v) is 2.26. The van der Waals surface area contributed by atoms with Crippen molar-refractivity contribution in [2.75, 3.05) is 13.6 Å². The van der Waals surface area contributed by atoms with Gasteiger partial charge in [0.15, 0.2) is 17.5 Å². The summed E-state index contributed by atoms with van der Waals surface area (Å²) in [6.45, 7) is 5.02. The van der Waals surface area contributed by atoms with Crippen LogP contribution in [-0.4, -0.2) is 29.5 Å². The number of aromatic amines is 1. The SMILES string of the molecule is CC[C@@H](C)N(C)CCc1c[nH]c2c(F)c(F)c(F)cc12. The molecule has 0 saturated heterocycles. The second-order valence-electron chi connectivity index (χ2n) is 5.21. The minimum absolute atomic E-state index is 0.0325. The minimum Gasteiger partial charge on any atom is -0.358 e. The van der Waals surface area contributed by atoms with Crippen molar-refractivity contribution in [3.05, 3.63) is 35.3 Å². The van der Waals surface area contributed by atoms with E-state index < -0.39 is 17.5 Å². The smallest absolute Gasteiger partial charge is 0.196 e. The average Bonchev–Trinajstić information content (AvgIpc) is 2.84. The number of nitrogens with one attached hydrogen (secondary N) is 1. The first-order valence-electron chi connectivity index (χ1n) is 6.79. The first-order valence-corrected chi connectivity index (χ1v) is 6.79. The lowest BCUT2D eigenvalue weighted by Gasteiger charge is -2.23. The van der Waals surface area contributed by atoms with Gasteiger partial charge in [0.25, 0.3) is 0 Å². The van der Waals surface area contributed by atoms with E-state index in [1.807, 2.05) is 7.05 Å². The Bertz CT molecular complexity index is 607. The molecule has 0 unspecified atom stereocenters. The van der Waals surface area contributed by atoms with E-state index in [1.165, 1.54) is 0 Å². The molecule has 1 aromatic heterocycles. The van der Waals surface area contributed by atoms with Crippen LogP contribution in [0.3, 0.4) is 0 Å². The fraction of sp³-hybridized carbons (Fsp3) is 0.467. The van der Waals surface area contributed by atoms with Crippen LogP contribution in [-0.2, 0) is 6.42 Å². The van der Waals surface area contributed by atoms with Crippen LogP contribution in [0.5, 0.6) is 0 Å². The van der Waals surface area contributed by atoms with Gasteiger partial charge in [-0.3, -0.25) is 0 Å². The van der Waals surface area contributed by atoms with E-state index in [9.17, 15) is 13.2 Å². The Kier molecular flexibility index (Phi) is 4.38. The number of benzene rings is 1. The summed E-state index contributed by atoms with van der Waals surface area (Å²) in [5, 5.41) is 0.416. The number of halogens is 3. The lowest BCUT2D eigenvalue weighted by molar-refractivity contribution is 0.255. The highest BCUT2D eigenvalue weighted by atomic mass is 19.2. The monoisotopic (exact) mass is 284 g/mol. The molecular formula is C15H19F3N2. The minimum atomic E-state index is -1.43. The standard InChI is InChI=1S/C15H19F3N2/c1-4-9(2)20(3)6-5-10-8-19-15-11(10)7-12(16)13(17)14(15)18/h7-9,19H,4-6H2,1-3H3/t9-/m1/s1. The number of fused-ring (bicyclic) bond motifs is 1. The zero-order valence-electron chi connectivity index (χ0n) is 11.9. The van der Waals surface area contributed by atoms with Gasteiger partial charge in [0.1, 0.15) is 0 Å². The molecule has 5 heteroatoms. The molecule has 2 nitrogen and oxygen atoms in total. The highest BCUT2D eigenvalue weighted by molar-refractivity contribution is 5.84. The number of hydrogen-bond acceptors (Lipinski definition) is 1. The van der Waals surface area contributed by atoms with Gasteiger partial charge in [-0.2, -0.15) is 0 Å². The van der Waals surface area contributed by atoms with E-state index in [0.717, 1.165) is 24.6 Å². The largest absolute Gasteiger partial charge is 0.358 e. The van der Waals surface area contributed by atoms with Crippen molar-refractivity contribution in [2.45, 2.75) is 32.7 Å². The van der Waals surface area contributed by atoms with Crippen molar-refractivity contribution in [2.24, 2.45) is 0 Å². The summed E-state index contributed by atoms with van der Waals surface area (Å²) in [5.74, 6) is -3.73. The molecule has 2 aromatic rings. The Labute approximate surface area is 116 Å². The zero-order valence-corrected chi connectivity index (χ0v) is 11.9. The van der Waals surface area contributed by atoms with Gasteiger partial charge in [-0.15, -0.1) is 0 Å². The number of likely N-dealkylation sites (N-methyl/N-ethyl adjacent to an activating group) is 1. The Balaban J connectivity index is 2.24. The lowest BCUT2D eigenvalue weighted by Crippen LogP contribution is -2.30. The predicted octanol–water partition coefficient (Wildman–Crippen LogP) is 3.86. The maximum absolute atomic E-state index is 13.6. The van der Waals surface area contributed by atoms with Crippen LogP contribution >= 0.6 is 0 Å². The van der Waals surface area contributed by atoms with Crippen LogP contribution in [0.15, 0.2) is 12.3 Å². The number of rotatable bonds is 5. The van der Waals surface area contributed by atoms with Gasteiger partial charge in [0.05, 0.1) is 5.52 Å². The van der Waals surface area contributed by atoms with Gasteiger partial charge in [-0.05, 0) is 38.4 Å². The van der Waals surface area contributed by atoms with E-state index in [-0.39, 0.29) is 5.52 Å². The van der Waals surface area contributed by atoms with E-state index in [1.54, 1.807) is 6.20 Å². The van der Waals surface area contributed by atoms with E-state index in [0.29, 0.717) is 17.8 Å². The van der Waals surface area contributed by atoms with Gasteiger partial charge in [0, 0.05) is 24.2 Å². The van der Waals surface area contributed by atoms with Gasteiger partial charge < -0.3 is 9.88 Å². The molecule has 0 bridgehead atoms. The molecule has 0 aliphatic heterocycles. The van der Waals surface area contributed by atoms with Gasteiger partial charge in [-0.25, -0.2) is 13.2 Å². The van der Waals surface area contributed by atoms with E-state index >= 15 is 0 Å². The summed E-state index contributed by atoms with van der Waals surface area (Å²) in [6, 6.07) is 1.51. The lowest BCUT2D eigenvalue weighted by atomic mass is 10.1. The van der Waals surface area contributed by atoms with Crippen LogP contribution in [0.25, 0.3) is 10.9 Å². The van der Waals surface area contributed by atoms with Crippen molar-refractivity contribution in [1.82, 2.24) is 9.88 Å². The summed E-state index contributed by atoms with van der Waals surface area (Å²) in [4.78, 5) is 4.88. The Morgan fingerprint density at radius 3 is 2.60 bits per heavy atom. The van der Waals surface area contributed by atoms with Crippen molar-refractivity contribution in [3.8, 4) is 0 Å². The average molecular weight is 284 g/mol. The number of hydrogen-bond donors (Lipinski definition) is 1. The second kappa shape index (κ2) is 5.87. The Morgan fingerprint density at radius 1 is 1.25 bits per heavy atom. The summed E-state index contributed by atoms with van der Waals surface area (Å²) in [6.07, 6.45) is 3.32. The van der Waals surface area contributed by atoms with Crippen LogP contribution in [0.1, 0.15) is 25.8 Å². The molecule has 0 saturated carbocycles. The highest BCUT2D eigenvalue weighted by Gasteiger charge is 2.17. The first kappa shape index (κ1) is 14.9. The Morgan fingerprint density at radius 2 is 1.95 bits per heavy atom. The molecule has 0 fully saturated rings. The molecule has 20 heavy (non-hydrogen) atoms. The Hall–Kier alpha value is -1.49. The first-order chi connectivity index (χ1) is 9.45. The fourth-order valence-electron chi connectivity index (χ4n) is 2.26. The summed E-state index contributed by atoms with van der Waals surface area (Å²) in [7, 11) is 2.02. The molecule has 0 amide bonds. The quantitative estimate of drug-likeness (QED) is 0.826. The topological polar surface area (TPSA) is 19.0 Å². The molecule has 1 N–H and O–H groups in total. The van der Waals surface area contributed by atoms with Crippen LogP contribution < -0.4 is 0 Å². The number of aromatic nitrogens is 1. The number of H-pyrrole nitrogens is 1. The molecule has 0 aliphatic carbocycles. The van der Waals surface area contributed by atoms with Crippen molar-refractivity contribution in [1.29, 1.82) is 0 Å². The maximum Gasteiger partial charge on any atom is 0.196 e. The summed E-state index contributed by atoms with van der Waals surface area (Å²) >= 11 is 0. The number of nitrogens with zero attached hydrogens (tertiary/aromatic N) is 1. The highest BCUT2D eigenvalue weighted by Crippen LogP contribution is 2.25. The third-order valence-electron chi connectivity index (χ3n) is 3.98. The third-order valence-corrected chi connectivity index (χ3v) is 3.98. The molecule has 1 aromatic carbocycles. The van der Waals surface area contributed by atoms with Crippen LogP contribution in [0.4, 0.5) is 13.2 Å². The normalized spacial score (nSPS) is 13.3.